The van der Waals surface area contributed by atoms with E-state index in [1.807, 2.05) is 13.0 Å². The highest BCUT2D eigenvalue weighted by Gasteiger charge is 2.05. The van der Waals surface area contributed by atoms with E-state index in [0.29, 0.717) is 11.9 Å². The van der Waals surface area contributed by atoms with Crippen LogP contribution in [0.4, 0.5) is 11.8 Å². The molecular weight excluding hydrogens is 298 g/mol. The summed E-state index contributed by atoms with van der Waals surface area (Å²) >= 11 is 0. The molecule has 5 nitrogen and oxygen atoms in total. The average molecular weight is 323 g/mol. The van der Waals surface area contributed by atoms with E-state index < -0.39 is 0 Å². The Balaban J connectivity index is 1.62. The fourth-order valence-corrected chi connectivity index (χ4v) is 2.70. The fraction of sp³-hybridized carbons (Fsp3) is 0.368. The largest absolute Gasteiger partial charge is 0.370 e. The molecule has 0 aliphatic carbocycles. The van der Waals surface area contributed by atoms with Crippen molar-refractivity contribution in [3.05, 3.63) is 47.8 Å². The van der Waals surface area contributed by atoms with Crippen molar-refractivity contribution in [2.75, 3.05) is 23.7 Å². The van der Waals surface area contributed by atoms with Crippen LogP contribution in [0.2, 0.25) is 0 Å². The first-order valence-corrected chi connectivity index (χ1v) is 8.50. The first-order chi connectivity index (χ1) is 11.6. The Hall–Kier alpha value is -2.56. The Morgan fingerprint density at radius 3 is 2.79 bits per heavy atom. The minimum Gasteiger partial charge on any atom is -0.370 e. The molecule has 126 valence electrons. The Labute approximate surface area is 142 Å². The van der Waals surface area contributed by atoms with Crippen LogP contribution in [0.1, 0.15) is 25.1 Å². The average Bonchev–Trinajstić information content (AvgIpc) is 2.96. The minimum absolute atomic E-state index is 0.562. The van der Waals surface area contributed by atoms with Gasteiger partial charge in [0.25, 0.3) is 0 Å². The van der Waals surface area contributed by atoms with Crippen LogP contribution in [0, 0.1) is 12.8 Å². The van der Waals surface area contributed by atoms with Crippen molar-refractivity contribution in [2.24, 2.45) is 5.92 Å². The van der Waals surface area contributed by atoms with E-state index in [9.17, 15) is 0 Å². The number of aryl methyl sites for hydroxylation is 1. The van der Waals surface area contributed by atoms with E-state index in [-0.39, 0.29) is 0 Å². The maximum atomic E-state index is 4.55. The number of aromatic amines is 1. The first-order valence-electron chi connectivity index (χ1n) is 8.50. The summed E-state index contributed by atoms with van der Waals surface area (Å²) in [7, 11) is 0. The van der Waals surface area contributed by atoms with Gasteiger partial charge in [-0.3, -0.25) is 0 Å². The lowest BCUT2D eigenvalue weighted by Gasteiger charge is -2.11. The molecule has 0 aliphatic heterocycles. The van der Waals surface area contributed by atoms with Crippen LogP contribution in [0.25, 0.3) is 10.9 Å². The van der Waals surface area contributed by atoms with Gasteiger partial charge in [0.15, 0.2) is 0 Å². The summed E-state index contributed by atoms with van der Waals surface area (Å²) < 4.78 is 0. The van der Waals surface area contributed by atoms with Gasteiger partial charge in [0.1, 0.15) is 5.82 Å². The second-order valence-corrected chi connectivity index (χ2v) is 6.53. The van der Waals surface area contributed by atoms with Crippen molar-refractivity contribution in [3.63, 3.8) is 0 Å². The summed E-state index contributed by atoms with van der Waals surface area (Å²) in [6.45, 7) is 8.04. The quantitative estimate of drug-likeness (QED) is 0.615. The lowest BCUT2D eigenvalue weighted by Crippen LogP contribution is -2.13. The zero-order valence-corrected chi connectivity index (χ0v) is 14.6. The number of H-pyrrole nitrogens is 1. The predicted molar refractivity (Wildman–Crippen MR) is 101 cm³/mol. The highest BCUT2D eigenvalue weighted by molar-refractivity contribution is 5.83. The molecule has 0 amide bonds. The van der Waals surface area contributed by atoms with E-state index in [1.165, 1.54) is 16.5 Å². The number of nitrogens with zero attached hydrogens (tertiary/aromatic N) is 2. The SMILES string of the molecule is Cc1cc(NCCc2c[nH]c3ccccc23)nc(NCC(C)C)n1. The Kier molecular flexibility index (Phi) is 4.99. The Bertz CT molecular complexity index is 806. The summed E-state index contributed by atoms with van der Waals surface area (Å²) in [5, 5.41) is 7.99. The normalized spacial score (nSPS) is 11.2. The van der Waals surface area contributed by atoms with E-state index in [2.05, 4.69) is 69.9 Å². The summed E-state index contributed by atoms with van der Waals surface area (Å²) in [6, 6.07) is 10.4. The number of benzene rings is 1. The topological polar surface area (TPSA) is 65.6 Å². The molecule has 2 aromatic heterocycles. The van der Waals surface area contributed by atoms with Crippen LogP contribution in [0.3, 0.4) is 0 Å². The van der Waals surface area contributed by atoms with Gasteiger partial charge in [-0.2, -0.15) is 4.98 Å². The van der Waals surface area contributed by atoms with E-state index in [4.69, 9.17) is 0 Å². The van der Waals surface area contributed by atoms with Gasteiger partial charge >= 0.3 is 0 Å². The summed E-state index contributed by atoms with van der Waals surface area (Å²) in [5.41, 5.74) is 3.47. The molecular formula is C19H25N5. The van der Waals surface area contributed by atoms with Gasteiger partial charge in [0.2, 0.25) is 5.95 Å². The molecule has 0 spiro atoms. The van der Waals surface area contributed by atoms with Gasteiger partial charge in [0.05, 0.1) is 0 Å². The lowest BCUT2D eigenvalue weighted by atomic mass is 10.1. The van der Waals surface area contributed by atoms with Crippen LogP contribution in [-0.2, 0) is 6.42 Å². The monoisotopic (exact) mass is 323 g/mol. The third-order valence-electron chi connectivity index (χ3n) is 3.90. The molecule has 2 heterocycles. The fourth-order valence-electron chi connectivity index (χ4n) is 2.70. The van der Waals surface area contributed by atoms with Crippen LogP contribution in [-0.4, -0.2) is 28.0 Å². The molecule has 3 aromatic rings. The minimum atomic E-state index is 0.562. The maximum absolute atomic E-state index is 4.55. The van der Waals surface area contributed by atoms with Crippen LogP contribution in [0.15, 0.2) is 36.5 Å². The van der Waals surface area contributed by atoms with E-state index in [0.717, 1.165) is 31.0 Å². The standard InChI is InChI=1S/C19H25N5/c1-13(2)11-22-19-23-14(3)10-18(24-19)20-9-8-15-12-21-17-7-5-4-6-16(15)17/h4-7,10,12-13,21H,8-9,11H2,1-3H3,(H2,20,22,23,24). The molecule has 1 aromatic carbocycles. The Morgan fingerprint density at radius 2 is 1.96 bits per heavy atom. The van der Waals surface area contributed by atoms with Gasteiger partial charge in [-0.15, -0.1) is 0 Å². The van der Waals surface area contributed by atoms with Crippen LogP contribution in [0.5, 0.6) is 0 Å². The molecule has 0 bridgehead atoms. The molecule has 0 atom stereocenters. The number of para-hydroxylation sites is 1. The van der Waals surface area contributed by atoms with Gasteiger partial charge in [-0.05, 0) is 30.9 Å². The molecule has 0 aliphatic rings. The molecule has 24 heavy (non-hydrogen) atoms. The summed E-state index contributed by atoms with van der Waals surface area (Å²) in [6.07, 6.45) is 3.04. The number of rotatable bonds is 7. The molecule has 0 saturated heterocycles. The molecule has 0 saturated carbocycles. The number of fused-ring (bicyclic) bond motifs is 1. The molecule has 3 N–H and O–H groups in total. The molecule has 5 heteroatoms. The highest BCUT2D eigenvalue weighted by Crippen LogP contribution is 2.18. The number of aromatic nitrogens is 3. The second kappa shape index (κ2) is 7.34. The van der Waals surface area contributed by atoms with Crippen molar-refractivity contribution in [1.29, 1.82) is 0 Å². The van der Waals surface area contributed by atoms with Gasteiger partial charge < -0.3 is 15.6 Å². The van der Waals surface area contributed by atoms with Gasteiger partial charge in [0, 0.05) is 41.9 Å². The molecule has 0 radical (unpaired) electrons. The predicted octanol–water partition coefficient (Wildman–Crippen LogP) is 3.99. The maximum Gasteiger partial charge on any atom is 0.224 e. The molecule has 0 unspecified atom stereocenters. The Morgan fingerprint density at radius 1 is 1.12 bits per heavy atom. The van der Waals surface area contributed by atoms with Crippen molar-refractivity contribution in [3.8, 4) is 0 Å². The van der Waals surface area contributed by atoms with Gasteiger partial charge in [-0.1, -0.05) is 32.0 Å². The van der Waals surface area contributed by atoms with E-state index >= 15 is 0 Å². The number of nitrogens with one attached hydrogen (secondary N) is 3. The number of hydrogen-bond donors (Lipinski definition) is 3. The lowest BCUT2D eigenvalue weighted by molar-refractivity contribution is 0.684. The zero-order chi connectivity index (χ0) is 16.9. The van der Waals surface area contributed by atoms with E-state index in [1.54, 1.807) is 0 Å². The van der Waals surface area contributed by atoms with Crippen molar-refractivity contribution in [2.45, 2.75) is 27.2 Å². The molecule has 3 rings (SSSR count). The second-order valence-electron chi connectivity index (χ2n) is 6.53. The van der Waals surface area contributed by atoms with Crippen molar-refractivity contribution >= 4 is 22.7 Å². The summed E-state index contributed by atoms with van der Waals surface area (Å²) in [4.78, 5) is 12.3. The summed E-state index contributed by atoms with van der Waals surface area (Å²) in [5.74, 6) is 2.12. The number of anilines is 2. The van der Waals surface area contributed by atoms with Crippen molar-refractivity contribution < 1.29 is 0 Å². The first kappa shape index (κ1) is 16.3. The van der Waals surface area contributed by atoms with Crippen molar-refractivity contribution in [1.82, 2.24) is 15.0 Å². The molecule has 0 fully saturated rings. The smallest absolute Gasteiger partial charge is 0.224 e. The van der Waals surface area contributed by atoms with Gasteiger partial charge in [-0.25, -0.2) is 4.98 Å². The highest BCUT2D eigenvalue weighted by atomic mass is 15.1. The third-order valence-corrected chi connectivity index (χ3v) is 3.90. The van der Waals surface area contributed by atoms with Crippen LogP contribution >= 0.6 is 0 Å². The van der Waals surface area contributed by atoms with Crippen LogP contribution < -0.4 is 10.6 Å². The third kappa shape index (κ3) is 4.04. The number of hydrogen-bond acceptors (Lipinski definition) is 4. The zero-order valence-electron chi connectivity index (χ0n) is 14.6.